The van der Waals surface area contributed by atoms with E-state index in [1.165, 1.54) is 13.2 Å². The molecule has 0 saturated carbocycles. The van der Waals surface area contributed by atoms with Crippen molar-refractivity contribution in [2.75, 3.05) is 12.0 Å². The van der Waals surface area contributed by atoms with Gasteiger partial charge in [0.25, 0.3) is 0 Å². The highest BCUT2D eigenvalue weighted by molar-refractivity contribution is 5.90. The number of carbonyl (C=O) groups is 1. The fraction of sp³-hybridized carbons (Fsp3) is 0.292. The molecule has 0 atom stereocenters. The van der Waals surface area contributed by atoms with E-state index in [2.05, 4.69) is 14.7 Å². The minimum absolute atomic E-state index is 0.0732. The van der Waals surface area contributed by atoms with Crippen molar-refractivity contribution < 1.29 is 27.8 Å². The molecule has 0 radical (unpaired) electrons. The molecule has 0 spiro atoms. The summed E-state index contributed by atoms with van der Waals surface area (Å²) in [6, 6.07) is 11.5. The van der Waals surface area contributed by atoms with Gasteiger partial charge in [-0.25, -0.2) is 4.79 Å². The number of benzene rings is 2. The summed E-state index contributed by atoms with van der Waals surface area (Å²) in [5.41, 5.74) is 1.86. The Bertz CT molecular complexity index is 1070. The molecule has 0 amide bonds. The number of alkyl halides is 2. The number of hydrogen-bond acceptors (Lipinski definition) is 7. The maximum atomic E-state index is 12.7. The van der Waals surface area contributed by atoms with Crippen LogP contribution in [0.5, 0.6) is 11.5 Å². The molecule has 3 rings (SSSR count). The van der Waals surface area contributed by atoms with Crippen molar-refractivity contribution in [3.8, 4) is 11.5 Å². The van der Waals surface area contributed by atoms with E-state index in [4.69, 9.17) is 9.47 Å². The molecule has 174 valence electrons. The van der Waals surface area contributed by atoms with Crippen LogP contribution in [-0.4, -0.2) is 35.3 Å². The molecule has 1 heterocycles. The number of rotatable bonds is 8. The van der Waals surface area contributed by atoms with E-state index in [-0.39, 0.29) is 11.5 Å². The summed E-state index contributed by atoms with van der Waals surface area (Å²) in [6.07, 6.45) is 4.79. The number of esters is 1. The quantitative estimate of drug-likeness (QED) is 0.421. The van der Waals surface area contributed by atoms with Gasteiger partial charge in [0.2, 0.25) is 0 Å². The van der Waals surface area contributed by atoms with Gasteiger partial charge < -0.3 is 19.1 Å². The van der Waals surface area contributed by atoms with Crippen LogP contribution in [0.25, 0.3) is 0 Å². The second-order valence-corrected chi connectivity index (χ2v) is 8.05. The van der Waals surface area contributed by atoms with Crippen LogP contribution < -0.4 is 14.4 Å². The lowest BCUT2D eigenvalue weighted by molar-refractivity contribution is -0.0512. The van der Waals surface area contributed by atoms with E-state index in [1.54, 1.807) is 75.8 Å². The first kappa shape index (κ1) is 23.9. The molecule has 0 aliphatic heterocycles. The highest BCUT2D eigenvalue weighted by Crippen LogP contribution is 2.36. The SMILES string of the molecule is COc1cc(N(Cc2cnccn2)c2ccc(C(=O)OC(C)(C)C)cc2)ccc1OC(F)F. The van der Waals surface area contributed by atoms with E-state index in [0.29, 0.717) is 23.5 Å². The third-order valence-corrected chi connectivity index (χ3v) is 4.43. The third kappa shape index (κ3) is 6.61. The molecule has 0 saturated heterocycles. The lowest BCUT2D eigenvalue weighted by atomic mass is 10.1. The average molecular weight is 457 g/mol. The minimum Gasteiger partial charge on any atom is -0.493 e. The Hall–Kier alpha value is -3.75. The first-order valence-corrected chi connectivity index (χ1v) is 10.1. The second-order valence-electron chi connectivity index (χ2n) is 8.05. The van der Waals surface area contributed by atoms with E-state index in [0.717, 1.165) is 5.69 Å². The smallest absolute Gasteiger partial charge is 0.387 e. The molecular formula is C24H25F2N3O4. The van der Waals surface area contributed by atoms with Gasteiger partial charge in [0.15, 0.2) is 11.5 Å². The van der Waals surface area contributed by atoms with Crippen molar-refractivity contribution in [2.45, 2.75) is 39.5 Å². The van der Waals surface area contributed by atoms with Gasteiger partial charge in [-0.1, -0.05) is 0 Å². The molecular weight excluding hydrogens is 432 g/mol. The number of methoxy groups -OCH3 is 1. The van der Waals surface area contributed by atoms with E-state index < -0.39 is 18.2 Å². The summed E-state index contributed by atoms with van der Waals surface area (Å²) in [4.78, 5) is 22.7. The third-order valence-electron chi connectivity index (χ3n) is 4.43. The van der Waals surface area contributed by atoms with Crippen molar-refractivity contribution in [1.29, 1.82) is 0 Å². The molecule has 33 heavy (non-hydrogen) atoms. The van der Waals surface area contributed by atoms with E-state index >= 15 is 0 Å². The summed E-state index contributed by atoms with van der Waals surface area (Å²) in [6.45, 7) is 2.77. The molecule has 7 nitrogen and oxygen atoms in total. The average Bonchev–Trinajstić information content (AvgIpc) is 2.77. The lowest BCUT2D eigenvalue weighted by Crippen LogP contribution is -2.24. The Morgan fingerprint density at radius 3 is 2.30 bits per heavy atom. The van der Waals surface area contributed by atoms with Gasteiger partial charge in [0, 0.05) is 29.8 Å². The van der Waals surface area contributed by atoms with Crippen molar-refractivity contribution >= 4 is 17.3 Å². The second kappa shape index (κ2) is 10.2. The number of anilines is 2. The van der Waals surface area contributed by atoms with Gasteiger partial charge in [-0.3, -0.25) is 9.97 Å². The van der Waals surface area contributed by atoms with Crippen molar-refractivity contribution in [3.05, 3.63) is 72.3 Å². The van der Waals surface area contributed by atoms with Gasteiger partial charge in [-0.15, -0.1) is 0 Å². The number of nitrogens with zero attached hydrogens (tertiary/aromatic N) is 3. The molecule has 0 aliphatic rings. The van der Waals surface area contributed by atoms with Crippen LogP contribution in [0, 0.1) is 0 Å². The van der Waals surface area contributed by atoms with Gasteiger partial charge in [-0.2, -0.15) is 8.78 Å². The zero-order chi connectivity index (χ0) is 24.0. The molecule has 0 fully saturated rings. The largest absolute Gasteiger partial charge is 0.493 e. The van der Waals surface area contributed by atoms with Crippen LogP contribution in [0.4, 0.5) is 20.2 Å². The van der Waals surface area contributed by atoms with Gasteiger partial charge in [0.1, 0.15) is 5.60 Å². The molecule has 0 aliphatic carbocycles. The van der Waals surface area contributed by atoms with Gasteiger partial charge in [-0.05, 0) is 57.2 Å². The summed E-state index contributed by atoms with van der Waals surface area (Å²) in [5, 5.41) is 0. The van der Waals surface area contributed by atoms with Gasteiger partial charge in [0.05, 0.1) is 31.1 Å². The molecule has 0 N–H and O–H groups in total. The fourth-order valence-corrected chi connectivity index (χ4v) is 3.04. The molecule has 3 aromatic rings. The first-order chi connectivity index (χ1) is 15.7. The van der Waals surface area contributed by atoms with Crippen LogP contribution in [0.3, 0.4) is 0 Å². The van der Waals surface area contributed by atoms with E-state index in [1.807, 2.05) is 4.90 Å². The predicted octanol–water partition coefficient (Wildman–Crippen LogP) is 5.38. The lowest BCUT2D eigenvalue weighted by Gasteiger charge is -2.26. The van der Waals surface area contributed by atoms with Crippen molar-refractivity contribution in [1.82, 2.24) is 9.97 Å². The number of halogens is 2. The van der Waals surface area contributed by atoms with Crippen LogP contribution in [0.1, 0.15) is 36.8 Å². The first-order valence-electron chi connectivity index (χ1n) is 10.1. The Morgan fingerprint density at radius 1 is 1.03 bits per heavy atom. The van der Waals surface area contributed by atoms with Crippen molar-refractivity contribution in [2.24, 2.45) is 0 Å². The zero-order valence-corrected chi connectivity index (χ0v) is 18.8. The van der Waals surface area contributed by atoms with Crippen LogP contribution >= 0.6 is 0 Å². The number of hydrogen-bond donors (Lipinski definition) is 0. The van der Waals surface area contributed by atoms with Crippen LogP contribution in [-0.2, 0) is 11.3 Å². The maximum Gasteiger partial charge on any atom is 0.387 e. The number of aromatic nitrogens is 2. The Morgan fingerprint density at radius 2 is 1.73 bits per heavy atom. The van der Waals surface area contributed by atoms with Gasteiger partial charge >= 0.3 is 12.6 Å². The summed E-state index contributed by atoms with van der Waals surface area (Å²) in [5.74, 6) is -0.344. The highest BCUT2D eigenvalue weighted by atomic mass is 19.3. The summed E-state index contributed by atoms with van der Waals surface area (Å²) < 4.78 is 40.6. The fourth-order valence-electron chi connectivity index (χ4n) is 3.04. The minimum atomic E-state index is -2.97. The normalized spacial score (nSPS) is 11.2. The monoisotopic (exact) mass is 457 g/mol. The zero-order valence-electron chi connectivity index (χ0n) is 18.8. The molecule has 2 aromatic carbocycles. The number of ether oxygens (including phenoxy) is 3. The van der Waals surface area contributed by atoms with Crippen LogP contribution in [0.15, 0.2) is 61.1 Å². The molecule has 0 bridgehead atoms. The number of carbonyl (C=O) groups excluding carboxylic acids is 1. The molecule has 0 unspecified atom stereocenters. The predicted molar refractivity (Wildman–Crippen MR) is 119 cm³/mol. The Kier molecular flexibility index (Phi) is 7.42. The van der Waals surface area contributed by atoms with Crippen LogP contribution in [0.2, 0.25) is 0 Å². The Labute approximate surface area is 190 Å². The Balaban J connectivity index is 1.96. The molecule has 9 heteroatoms. The maximum absolute atomic E-state index is 12.7. The van der Waals surface area contributed by atoms with Crippen molar-refractivity contribution in [3.63, 3.8) is 0 Å². The standard InChI is InChI=1S/C24H25F2N3O4/c1-24(2,3)33-22(30)16-5-7-18(8-6-16)29(15-17-14-27-11-12-28-17)19-9-10-20(32-23(25)26)21(13-19)31-4/h5-14,23H,15H2,1-4H3. The summed E-state index contributed by atoms with van der Waals surface area (Å²) >= 11 is 0. The van der Waals surface area contributed by atoms with E-state index in [9.17, 15) is 13.6 Å². The highest BCUT2D eigenvalue weighted by Gasteiger charge is 2.20. The molecule has 1 aromatic heterocycles. The summed E-state index contributed by atoms with van der Waals surface area (Å²) in [7, 11) is 1.38. The topological polar surface area (TPSA) is 73.8 Å².